The minimum Gasteiger partial charge on any atom is -0.496 e. The molecule has 0 aliphatic heterocycles. The number of benzene rings is 1. The summed E-state index contributed by atoms with van der Waals surface area (Å²) >= 11 is 1.39. The molecule has 0 unspecified atom stereocenters. The van der Waals surface area contributed by atoms with Crippen molar-refractivity contribution in [3.8, 4) is 17.2 Å². The predicted octanol–water partition coefficient (Wildman–Crippen LogP) is 0.900. The summed E-state index contributed by atoms with van der Waals surface area (Å²) in [5.74, 6) is 1.94. The van der Waals surface area contributed by atoms with Crippen LogP contribution < -0.4 is 21.7 Å². The van der Waals surface area contributed by atoms with Gasteiger partial charge in [-0.05, 0) is 24.6 Å². The summed E-state index contributed by atoms with van der Waals surface area (Å²) in [5, 5.41) is 8.83. The van der Waals surface area contributed by atoms with Crippen molar-refractivity contribution in [3.63, 3.8) is 0 Å². The van der Waals surface area contributed by atoms with Crippen molar-refractivity contribution in [2.45, 2.75) is 18.6 Å². The van der Waals surface area contributed by atoms with Crippen LogP contribution in [0.1, 0.15) is 11.5 Å². The lowest BCUT2D eigenvalue weighted by atomic mass is 10.1. The second-order valence-electron chi connectivity index (χ2n) is 7.18. The summed E-state index contributed by atoms with van der Waals surface area (Å²) < 4.78 is 15.3. The van der Waals surface area contributed by atoms with Gasteiger partial charge in [-0.1, -0.05) is 17.8 Å². The van der Waals surface area contributed by atoms with E-state index in [4.69, 9.17) is 14.9 Å². The van der Waals surface area contributed by atoms with Crippen LogP contribution in [0.2, 0.25) is 0 Å². The van der Waals surface area contributed by atoms with Gasteiger partial charge in [0.05, 0.1) is 7.11 Å². The van der Waals surface area contributed by atoms with E-state index in [-0.39, 0.29) is 12.1 Å². The van der Waals surface area contributed by atoms with Gasteiger partial charge in [0, 0.05) is 32.0 Å². The number of aryl methyl sites for hydroxylation is 2. The van der Waals surface area contributed by atoms with Gasteiger partial charge in [0.25, 0.3) is 5.56 Å². The third-order valence-electron chi connectivity index (χ3n) is 5.08. The van der Waals surface area contributed by atoms with Crippen LogP contribution in [0.5, 0.6) is 5.75 Å². The molecule has 12 heteroatoms. The van der Waals surface area contributed by atoms with Crippen LogP contribution in [0.15, 0.2) is 37.4 Å². The zero-order valence-electron chi connectivity index (χ0n) is 18.2. The Morgan fingerprint density at radius 2 is 1.97 bits per heavy atom. The molecule has 0 spiro atoms. The summed E-state index contributed by atoms with van der Waals surface area (Å²) in [7, 11) is 4.61. The first kappa shape index (κ1) is 21.8. The monoisotopic (exact) mass is 457 g/mol. The van der Waals surface area contributed by atoms with E-state index in [0.29, 0.717) is 40.6 Å². The highest BCUT2D eigenvalue weighted by atomic mass is 32.2. The Balaban J connectivity index is 1.79. The average molecular weight is 458 g/mol. The molecule has 4 rings (SSSR count). The van der Waals surface area contributed by atoms with Crippen molar-refractivity contribution in [2.24, 2.45) is 19.8 Å². The van der Waals surface area contributed by atoms with Gasteiger partial charge in [0.1, 0.15) is 12.3 Å². The van der Waals surface area contributed by atoms with Gasteiger partial charge in [-0.2, -0.15) is 0 Å². The van der Waals surface area contributed by atoms with Gasteiger partial charge in [0.2, 0.25) is 11.8 Å². The maximum atomic E-state index is 12.9. The molecule has 0 saturated heterocycles. The van der Waals surface area contributed by atoms with Gasteiger partial charge in [-0.3, -0.25) is 13.9 Å². The topological polar surface area (TPSA) is 136 Å². The molecule has 0 saturated carbocycles. The second-order valence-corrected chi connectivity index (χ2v) is 8.24. The van der Waals surface area contributed by atoms with Crippen molar-refractivity contribution in [1.82, 2.24) is 28.9 Å². The summed E-state index contributed by atoms with van der Waals surface area (Å²) in [5.41, 5.74) is 7.04. The van der Waals surface area contributed by atoms with E-state index in [1.165, 1.54) is 23.4 Å². The molecule has 1 aromatic carbocycles. The van der Waals surface area contributed by atoms with Gasteiger partial charge in [0.15, 0.2) is 16.3 Å². The molecule has 0 aliphatic carbocycles. The van der Waals surface area contributed by atoms with Crippen molar-refractivity contribution >= 4 is 22.9 Å². The summed E-state index contributed by atoms with van der Waals surface area (Å²) in [6, 6.07) is 5.61. The fraction of sp³-hybridized carbons (Fsp3) is 0.350. The van der Waals surface area contributed by atoms with Crippen LogP contribution in [-0.2, 0) is 20.6 Å². The Labute approximate surface area is 186 Å². The molecule has 11 nitrogen and oxygen atoms in total. The fourth-order valence-corrected chi connectivity index (χ4v) is 4.12. The lowest BCUT2D eigenvalue weighted by Gasteiger charge is -2.07. The van der Waals surface area contributed by atoms with Crippen LogP contribution in [0, 0.1) is 6.92 Å². The SMILES string of the molecule is COc1cc(-c2nnc(Cn3c(SCCN)nc4c3c(=O)n(C)c(=O)n4C)o2)ccc1C. The van der Waals surface area contributed by atoms with E-state index >= 15 is 0 Å². The van der Waals surface area contributed by atoms with Gasteiger partial charge in [-0.25, -0.2) is 9.78 Å². The molecule has 3 aromatic heterocycles. The van der Waals surface area contributed by atoms with E-state index in [1.807, 2.05) is 25.1 Å². The van der Waals surface area contributed by atoms with Crippen molar-refractivity contribution in [2.75, 3.05) is 19.4 Å². The average Bonchev–Trinajstić information content (AvgIpc) is 3.40. The van der Waals surface area contributed by atoms with Crippen LogP contribution in [0.4, 0.5) is 0 Å². The number of hydrogen-bond acceptors (Lipinski definition) is 9. The minimum absolute atomic E-state index is 0.118. The molecular formula is C20H23N7O4S. The van der Waals surface area contributed by atoms with Crippen molar-refractivity contribution in [1.29, 1.82) is 0 Å². The molecule has 2 N–H and O–H groups in total. The zero-order chi connectivity index (χ0) is 23.0. The van der Waals surface area contributed by atoms with Crippen molar-refractivity contribution < 1.29 is 9.15 Å². The first-order valence-electron chi connectivity index (χ1n) is 9.82. The number of imidazole rings is 1. The lowest BCUT2D eigenvalue weighted by molar-refractivity contribution is 0.411. The Morgan fingerprint density at radius 3 is 2.69 bits per heavy atom. The highest BCUT2D eigenvalue weighted by Crippen LogP contribution is 2.27. The Hall–Kier alpha value is -3.38. The van der Waals surface area contributed by atoms with Crippen molar-refractivity contribution in [3.05, 3.63) is 50.5 Å². The quantitative estimate of drug-likeness (QED) is 0.401. The highest BCUT2D eigenvalue weighted by Gasteiger charge is 2.21. The molecule has 0 atom stereocenters. The van der Waals surface area contributed by atoms with Crippen LogP contribution in [-0.4, -0.2) is 48.3 Å². The van der Waals surface area contributed by atoms with E-state index in [1.54, 1.807) is 18.7 Å². The van der Waals surface area contributed by atoms with Gasteiger partial charge in [-0.15, -0.1) is 10.2 Å². The number of nitrogens with zero attached hydrogens (tertiary/aromatic N) is 6. The van der Waals surface area contributed by atoms with Crippen LogP contribution in [0.25, 0.3) is 22.6 Å². The maximum Gasteiger partial charge on any atom is 0.332 e. The number of thioether (sulfide) groups is 1. The number of aromatic nitrogens is 6. The van der Waals surface area contributed by atoms with Gasteiger partial charge < -0.3 is 19.5 Å². The number of hydrogen-bond donors (Lipinski definition) is 1. The number of ether oxygens (including phenoxy) is 1. The first-order chi connectivity index (χ1) is 15.3. The number of methoxy groups -OCH3 is 1. The highest BCUT2D eigenvalue weighted by molar-refractivity contribution is 7.99. The molecule has 0 aliphatic rings. The summed E-state index contributed by atoms with van der Waals surface area (Å²) in [6.45, 7) is 2.50. The Morgan fingerprint density at radius 1 is 1.19 bits per heavy atom. The second kappa shape index (κ2) is 8.63. The number of fused-ring (bicyclic) bond motifs is 1. The molecule has 0 fully saturated rings. The van der Waals surface area contributed by atoms with E-state index in [9.17, 15) is 9.59 Å². The molecule has 3 heterocycles. The van der Waals surface area contributed by atoms with Crippen LogP contribution >= 0.6 is 11.8 Å². The van der Waals surface area contributed by atoms with Crippen LogP contribution in [0.3, 0.4) is 0 Å². The molecule has 0 amide bonds. The third-order valence-corrected chi connectivity index (χ3v) is 6.09. The molecule has 4 aromatic rings. The van der Waals surface area contributed by atoms with E-state index in [0.717, 1.165) is 15.7 Å². The maximum absolute atomic E-state index is 12.9. The number of rotatable bonds is 7. The largest absolute Gasteiger partial charge is 0.496 e. The summed E-state index contributed by atoms with van der Waals surface area (Å²) in [4.78, 5) is 29.8. The standard InChI is InChI=1S/C20H23N7O4S/c1-11-5-6-12(9-13(11)30-4)17-24-23-14(31-17)10-27-15-16(22-19(27)32-8-7-21)25(2)20(29)26(3)18(15)28/h5-6,9H,7-8,10,21H2,1-4H3. The lowest BCUT2D eigenvalue weighted by Crippen LogP contribution is -2.37. The Kier molecular flexibility index (Phi) is 5.89. The first-order valence-corrected chi connectivity index (χ1v) is 10.8. The zero-order valence-corrected chi connectivity index (χ0v) is 19.0. The molecule has 32 heavy (non-hydrogen) atoms. The van der Waals surface area contributed by atoms with E-state index in [2.05, 4.69) is 15.2 Å². The number of nitrogens with two attached hydrogens (primary N) is 1. The van der Waals surface area contributed by atoms with Gasteiger partial charge >= 0.3 is 5.69 Å². The molecule has 0 bridgehead atoms. The molecular weight excluding hydrogens is 434 g/mol. The molecule has 0 radical (unpaired) electrons. The minimum atomic E-state index is -0.448. The normalized spacial score (nSPS) is 11.4. The summed E-state index contributed by atoms with van der Waals surface area (Å²) in [6.07, 6.45) is 0. The predicted molar refractivity (Wildman–Crippen MR) is 120 cm³/mol. The van der Waals surface area contributed by atoms with E-state index < -0.39 is 11.2 Å². The fourth-order valence-electron chi connectivity index (χ4n) is 3.36. The molecule has 168 valence electrons. The smallest absolute Gasteiger partial charge is 0.332 e. The Bertz CT molecular complexity index is 1420. The third kappa shape index (κ3) is 3.71.